The van der Waals surface area contributed by atoms with E-state index < -0.39 is 0 Å². The highest BCUT2D eigenvalue weighted by atomic mass is 16.5. The van der Waals surface area contributed by atoms with Crippen LogP contribution >= 0.6 is 0 Å². The molecule has 0 aliphatic heterocycles. The summed E-state index contributed by atoms with van der Waals surface area (Å²) in [5, 5.41) is 13.9. The van der Waals surface area contributed by atoms with E-state index in [-0.39, 0.29) is 29.3 Å². The maximum Gasteiger partial charge on any atom is 0.225 e. The second-order valence-electron chi connectivity index (χ2n) is 10.3. The van der Waals surface area contributed by atoms with Gasteiger partial charge in [-0.15, -0.1) is 0 Å². The van der Waals surface area contributed by atoms with E-state index in [1.807, 2.05) is 13.2 Å². The average molecular weight is 452 g/mol. The smallest absolute Gasteiger partial charge is 0.225 e. The molecule has 1 aromatic heterocycles. The summed E-state index contributed by atoms with van der Waals surface area (Å²) in [6, 6.07) is 0. The molecule has 32 heavy (non-hydrogen) atoms. The topological polar surface area (TPSA) is 91.5 Å². The van der Waals surface area contributed by atoms with Crippen molar-refractivity contribution < 1.29 is 14.3 Å². The van der Waals surface area contributed by atoms with E-state index in [0.29, 0.717) is 19.8 Å². The van der Waals surface area contributed by atoms with Crippen LogP contribution in [0, 0.1) is 11.3 Å². The third kappa shape index (κ3) is 8.81. The van der Waals surface area contributed by atoms with Gasteiger partial charge in [0, 0.05) is 57.1 Å². The first kappa shape index (κ1) is 26.8. The molecule has 0 aromatic carbocycles. The van der Waals surface area contributed by atoms with Crippen molar-refractivity contribution in [2.75, 3.05) is 54.1 Å². The van der Waals surface area contributed by atoms with Gasteiger partial charge in [0.2, 0.25) is 5.91 Å². The molecule has 1 saturated carbocycles. The monoisotopic (exact) mass is 451 g/mol. The van der Waals surface area contributed by atoms with Crippen LogP contribution in [0.4, 0.5) is 0 Å². The zero-order chi connectivity index (χ0) is 23.6. The second kappa shape index (κ2) is 13.3. The first-order valence-corrected chi connectivity index (χ1v) is 12.0. The molecule has 8 heteroatoms. The molecular formula is C24H45N5O3. The van der Waals surface area contributed by atoms with Crippen LogP contribution < -0.4 is 10.6 Å². The number of nitrogens with zero attached hydrogens (tertiary/aromatic N) is 2. The molecule has 3 N–H and O–H groups in total. The molecule has 2 rings (SSSR count). The lowest BCUT2D eigenvalue weighted by Crippen LogP contribution is -2.43. The van der Waals surface area contributed by atoms with Crippen LogP contribution in [-0.2, 0) is 20.8 Å². The summed E-state index contributed by atoms with van der Waals surface area (Å²) in [7, 11) is 5.78. The van der Waals surface area contributed by atoms with Crippen LogP contribution in [0.1, 0.15) is 63.6 Å². The minimum Gasteiger partial charge on any atom is -0.385 e. The van der Waals surface area contributed by atoms with Crippen LogP contribution in [0.5, 0.6) is 0 Å². The number of nitrogens with one attached hydrogen (secondary N) is 3. The summed E-state index contributed by atoms with van der Waals surface area (Å²) in [5.41, 5.74) is 2.47. The van der Waals surface area contributed by atoms with Crippen molar-refractivity contribution in [2.24, 2.45) is 11.3 Å². The second-order valence-corrected chi connectivity index (χ2v) is 10.3. The minimum absolute atomic E-state index is 0.0439. The summed E-state index contributed by atoms with van der Waals surface area (Å²) >= 11 is 0. The predicted octanol–water partition coefficient (Wildman–Crippen LogP) is 2.53. The number of likely N-dealkylation sites (N-methyl/N-ethyl adjacent to an activating group) is 2. The molecule has 8 nitrogen and oxygen atoms in total. The molecule has 3 atom stereocenters. The van der Waals surface area contributed by atoms with E-state index in [0.717, 1.165) is 45.3 Å². The van der Waals surface area contributed by atoms with Crippen LogP contribution in [0.2, 0.25) is 0 Å². The quantitative estimate of drug-likeness (QED) is 0.399. The zero-order valence-corrected chi connectivity index (χ0v) is 21.0. The Balaban J connectivity index is 2.07. The molecule has 1 aliphatic carbocycles. The summed E-state index contributed by atoms with van der Waals surface area (Å²) in [6.45, 7) is 11.2. The van der Waals surface area contributed by atoms with E-state index in [9.17, 15) is 4.79 Å². The number of rotatable bonds is 13. The number of aromatic nitrogens is 2. The summed E-state index contributed by atoms with van der Waals surface area (Å²) in [6.07, 6.45) is 5.36. The molecule has 184 valence electrons. The van der Waals surface area contributed by atoms with E-state index >= 15 is 0 Å². The van der Waals surface area contributed by atoms with Gasteiger partial charge in [0.25, 0.3) is 0 Å². The fraction of sp³-hybridized carbons (Fsp3) is 0.833. The molecule has 1 amide bonds. The third-order valence-corrected chi connectivity index (χ3v) is 6.02. The maximum atomic E-state index is 13.1. The van der Waals surface area contributed by atoms with Crippen LogP contribution in [0.3, 0.4) is 0 Å². The Morgan fingerprint density at radius 1 is 1.31 bits per heavy atom. The number of amides is 1. The van der Waals surface area contributed by atoms with E-state index in [4.69, 9.17) is 9.47 Å². The molecule has 0 bridgehead atoms. The Morgan fingerprint density at radius 3 is 2.78 bits per heavy atom. The number of carbonyl (C=O) groups is 1. The zero-order valence-electron chi connectivity index (χ0n) is 21.0. The summed E-state index contributed by atoms with van der Waals surface area (Å²) < 4.78 is 11.4. The van der Waals surface area contributed by atoms with Crippen molar-refractivity contribution in [1.29, 1.82) is 0 Å². The fourth-order valence-corrected chi connectivity index (χ4v) is 4.27. The highest BCUT2D eigenvalue weighted by Crippen LogP contribution is 2.39. The van der Waals surface area contributed by atoms with Gasteiger partial charge < -0.3 is 25.0 Å². The third-order valence-electron chi connectivity index (χ3n) is 6.02. The van der Waals surface area contributed by atoms with Crippen LogP contribution in [0.25, 0.3) is 0 Å². The Hall–Kier alpha value is -1.48. The largest absolute Gasteiger partial charge is 0.385 e. The highest BCUT2D eigenvalue weighted by molar-refractivity contribution is 5.79. The molecule has 0 radical (unpaired) electrons. The number of hydrogen-bond acceptors (Lipinski definition) is 6. The van der Waals surface area contributed by atoms with Crippen molar-refractivity contribution >= 4 is 5.91 Å². The molecule has 1 aromatic rings. The number of aromatic amines is 1. The van der Waals surface area contributed by atoms with Gasteiger partial charge in [0.15, 0.2) is 0 Å². The minimum atomic E-state index is -0.156. The average Bonchev–Trinajstić information content (AvgIpc) is 3.21. The van der Waals surface area contributed by atoms with Crippen molar-refractivity contribution in [1.82, 2.24) is 25.7 Å². The van der Waals surface area contributed by atoms with Crippen molar-refractivity contribution in [3.05, 3.63) is 17.5 Å². The summed E-state index contributed by atoms with van der Waals surface area (Å²) in [4.78, 5) is 15.4. The Bertz CT molecular complexity index is 673. The van der Waals surface area contributed by atoms with E-state index in [1.54, 1.807) is 7.11 Å². The Morgan fingerprint density at radius 2 is 2.09 bits per heavy atom. The number of H-pyrrole nitrogens is 1. The van der Waals surface area contributed by atoms with E-state index in [2.05, 4.69) is 53.5 Å². The molecule has 0 spiro atoms. The number of hydrogen-bond donors (Lipinski definition) is 3. The Kier molecular flexibility index (Phi) is 11.1. The predicted molar refractivity (Wildman–Crippen MR) is 128 cm³/mol. The van der Waals surface area contributed by atoms with Gasteiger partial charge in [0.1, 0.15) is 0 Å². The SMILES string of the molecule is CNCCN(C)Cc1cn[nH]c1[C@@H]1CC[C@H](OCC(C)(C)C)C(C(=O)NCCCOC)C1. The molecule has 0 saturated heterocycles. The lowest BCUT2D eigenvalue weighted by atomic mass is 9.76. The first-order valence-electron chi connectivity index (χ1n) is 12.0. The number of ether oxygens (including phenoxy) is 2. The molecule has 1 unspecified atom stereocenters. The highest BCUT2D eigenvalue weighted by Gasteiger charge is 2.38. The number of methoxy groups -OCH3 is 1. The van der Waals surface area contributed by atoms with Gasteiger partial charge in [-0.1, -0.05) is 20.8 Å². The van der Waals surface area contributed by atoms with Gasteiger partial charge in [-0.05, 0) is 45.2 Å². The van der Waals surface area contributed by atoms with Crippen molar-refractivity contribution in [2.45, 2.75) is 65.0 Å². The normalized spacial score (nSPS) is 21.8. The standard InChI is InChI=1S/C24H45N5O3/c1-24(2,3)17-32-21-9-8-18(14-20(21)23(30)26-10-7-13-31-6)22-19(15-27-28-22)16-29(5)12-11-25-4/h15,18,20-21,25H,7-14,16-17H2,1-6H3,(H,26,30)(H,27,28)/t18-,20?,21+/m1/s1. The van der Waals surface area contributed by atoms with Crippen molar-refractivity contribution in [3.8, 4) is 0 Å². The first-order chi connectivity index (χ1) is 15.2. The van der Waals surface area contributed by atoms with Gasteiger partial charge in [-0.3, -0.25) is 9.89 Å². The van der Waals surface area contributed by atoms with Gasteiger partial charge in [-0.2, -0.15) is 5.10 Å². The lowest BCUT2D eigenvalue weighted by Gasteiger charge is -2.36. The fourth-order valence-electron chi connectivity index (χ4n) is 4.27. The van der Waals surface area contributed by atoms with Crippen molar-refractivity contribution in [3.63, 3.8) is 0 Å². The summed E-state index contributed by atoms with van der Waals surface area (Å²) in [5.74, 6) is 0.225. The Labute approximate surface area is 194 Å². The molecule has 1 aliphatic rings. The lowest BCUT2D eigenvalue weighted by molar-refractivity contribution is -0.134. The molecule has 1 heterocycles. The van der Waals surface area contributed by atoms with Gasteiger partial charge in [0.05, 0.1) is 24.8 Å². The maximum absolute atomic E-state index is 13.1. The van der Waals surface area contributed by atoms with Crippen LogP contribution in [0.15, 0.2) is 6.20 Å². The van der Waals surface area contributed by atoms with E-state index in [1.165, 1.54) is 11.3 Å². The molecular weight excluding hydrogens is 406 g/mol. The molecule has 1 fully saturated rings. The number of carbonyl (C=O) groups excluding carboxylic acids is 1. The van der Waals surface area contributed by atoms with Gasteiger partial charge in [-0.25, -0.2) is 0 Å². The van der Waals surface area contributed by atoms with Gasteiger partial charge >= 0.3 is 0 Å². The van der Waals surface area contributed by atoms with Crippen LogP contribution in [-0.4, -0.2) is 81.2 Å².